The summed E-state index contributed by atoms with van der Waals surface area (Å²) in [7, 11) is 0. The molecule has 78 valence electrons. The third-order valence-electron chi connectivity index (χ3n) is 2.24. The Balaban J connectivity index is 2.25. The number of pyridine rings is 1. The highest BCUT2D eigenvalue weighted by atomic mass is 16.2. The molecular formula is C11H18N2O. The van der Waals surface area contributed by atoms with E-state index in [1.165, 1.54) is 5.56 Å². The number of hydrogen-bond donors (Lipinski definition) is 2. The molecule has 0 bridgehead atoms. The molecule has 3 heteroatoms. The van der Waals surface area contributed by atoms with Crippen LogP contribution in [0.2, 0.25) is 0 Å². The molecule has 2 N–H and O–H groups in total. The largest absolute Gasteiger partial charge is 0.396 e. The van der Waals surface area contributed by atoms with Crippen molar-refractivity contribution in [3.8, 4) is 0 Å². The fraction of sp³-hybridized carbons (Fsp3) is 0.545. The van der Waals surface area contributed by atoms with Gasteiger partial charge in [-0.05, 0) is 44.0 Å². The van der Waals surface area contributed by atoms with Crippen molar-refractivity contribution in [3.63, 3.8) is 0 Å². The number of nitrogens with zero attached hydrogens (tertiary/aromatic N) is 1. The first kappa shape index (κ1) is 11.1. The SMILES string of the molecule is C[C@@H](NCCCCO)c1ccncc1. The number of nitrogens with one attached hydrogen (secondary N) is 1. The van der Waals surface area contributed by atoms with Gasteiger partial charge in [0.05, 0.1) is 0 Å². The molecule has 0 saturated carbocycles. The van der Waals surface area contributed by atoms with E-state index in [2.05, 4.69) is 17.2 Å². The number of unbranched alkanes of at least 4 members (excludes halogenated alkanes) is 1. The van der Waals surface area contributed by atoms with Crippen molar-refractivity contribution < 1.29 is 5.11 Å². The van der Waals surface area contributed by atoms with Crippen molar-refractivity contribution in [2.24, 2.45) is 0 Å². The zero-order chi connectivity index (χ0) is 10.2. The summed E-state index contributed by atoms with van der Waals surface area (Å²) in [6, 6.07) is 4.39. The van der Waals surface area contributed by atoms with Crippen LogP contribution in [0.25, 0.3) is 0 Å². The van der Waals surface area contributed by atoms with Gasteiger partial charge in [0.2, 0.25) is 0 Å². The molecule has 14 heavy (non-hydrogen) atoms. The summed E-state index contributed by atoms with van der Waals surface area (Å²) in [5, 5.41) is 12.0. The third-order valence-corrected chi connectivity index (χ3v) is 2.24. The molecule has 0 aliphatic heterocycles. The van der Waals surface area contributed by atoms with Gasteiger partial charge in [0.25, 0.3) is 0 Å². The minimum absolute atomic E-state index is 0.283. The van der Waals surface area contributed by atoms with Gasteiger partial charge in [-0.3, -0.25) is 4.98 Å². The highest BCUT2D eigenvalue weighted by Gasteiger charge is 2.02. The summed E-state index contributed by atoms with van der Waals surface area (Å²) in [6.07, 6.45) is 5.50. The highest BCUT2D eigenvalue weighted by Crippen LogP contribution is 2.09. The van der Waals surface area contributed by atoms with Crippen LogP contribution in [-0.2, 0) is 0 Å². The minimum Gasteiger partial charge on any atom is -0.396 e. The maximum Gasteiger partial charge on any atom is 0.0431 e. The average molecular weight is 194 g/mol. The van der Waals surface area contributed by atoms with E-state index in [0.29, 0.717) is 6.04 Å². The Hall–Kier alpha value is -0.930. The van der Waals surface area contributed by atoms with Crippen molar-refractivity contribution in [1.82, 2.24) is 10.3 Å². The lowest BCUT2D eigenvalue weighted by molar-refractivity contribution is 0.283. The van der Waals surface area contributed by atoms with Gasteiger partial charge in [0.1, 0.15) is 0 Å². The number of aliphatic hydroxyl groups is 1. The minimum atomic E-state index is 0.283. The normalized spacial score (nSPS) is 12.7. The summed E-state index contributed by atoms with van der Waals surface area (Å²) in [5.74, 6) is 0. The van der Waals surface area contributed by atoms with Crippen LogP contribution >= 0.6 is 0 Å². The first-order chi connectivity index (χ1) is 6.84. The molecule has 0 aliphatic carbocycles. The van der Waals surface area contributed by atoms with Gasteiger partial charge in [0.15, 0.2) is 0 Å². The van der Waals surface area contributed by atoms with Crippen LogP contribution < -0.4 is 5.32 Å². The molecule has 1 rings (SSSR count). The van der Waals surface area contributed by atoms with Gasteiger partial charge >= 0.3 is 0 Å². The van der Waals surface area contributed by atoms with Crippen molar-refractivity contribution in [1.29, 1.82) is 0 Å². The van der Waals surface area contributed by atoms with E-state index in [1.807, 2.05) is 12.1 Å². The molecule has 0 saturated heterocycles. The number of rotatable bonds is 6. The van der Waals surface area contributed by atoms with Crippen LogP contribution in [0.3, 0.4) is 0 Å². The lowest BCUT2D eigenvalue weighted by atomic mass is 10.1. The summed E-state index contributed by atoms with van der Waals surface area (Å²) >= 11 is 0. The first-order valence-corrected chi connectivity index (χ1v) is 5.08. The highest BCUT2D eigenvalue weighted by molar-refractivity contribution is 5.13. The fourth-order valence-electron chi connectivity index (χ4n) is 1.33. The Kier molecular flexibility index (Phi) is 5.19. The molecule has 1 aromatic heterocycles. The molecule has 1 aromatic rings. The molecule has 1 atom stereocenters. The van der Waals surface area contributed by atoms with Crippen LogP contribution in [0.5, 0.6) is 0 Å². The summed E-state index contributed by atoms with van der Waals surface area (Å²) < 4.78 is 0. The van der Waals surface area contributed by atoms with Crippen molar-refractivity contribution in [2.45, 2.75) is 25.8 Å². The van der Waals surface area contributed by atoms with Gasteiger partial charge in [0, 0.05) is 25.0 Å². The summed E-state index contributed by atoms with van der Waals surface area (Å²) in [6.45, 7) is 3.36. The van der Waals surface area contributed by atoms with E-state index < -0.39 is 0 Å². The molecule has 3 nitrogen and oxygen atoms in total. The Morgan fingerprint density at radius 2 is 2.07 bits per heavy atom. The Bertz CT molecular complexity index is 238. The number of aromatic nitrogens is 1. The van der Waals surface area contributed by atoms with Crippen LogP contribution in [-0.4, -0.2) is 23.2 Å². The lowest BCUT2D eigenvalue weighted by Crippen LogP contribution is -2.19. The maximum atomic E-state index is 8.61. The second kappa shape index (κ2) is 6.51. The fourth-order valence-corrected chi connectivity index (χ4v) is 1.33. The van der Waals surface area contributed by atoms with Crippen molar-refractivity contribution in [3.05, 3.63) is 30.1 Å². The monoisotopic (exact) mass is 194 g/mol. The summed E-state index contributed by atoms with van der Waals surface area (Å²) in [5.41, 5.74) is 1.25. The van der Waals surface area contributed by atoms with E-state index >= 15 is 0 Å². The smallest absolute Gasteiger partial charge is 0.0431 e. The molecule has 0 amide bonds. The van der Waals surface area contributed by atoms with E-state index in [-0.39, 0.29) is 6.61 Å². The number of aliphatic hydroxyl groups excluding tert-OH is 1. The number of hydrogen-bond acceptors (Lipinski definition) is 3. The first-order valence-electron chi connectivity index (χ1n) is 5.08. The second-order valence-electron chi connectivity index (χ2n) is 3.39. The van der Waals surface area contributed by atoms with Gasteiger partial charge in [-0.2, -0.15) is 0 Å². The van der Waals surface area contributed by atoms with Gasteiger partial charge in [-0.1, -0.05) is 0 Å². The molecule has 0 fully saturated rings. The van der Waals surface area contributed by atoms with Gasteiger partial charge < -0.3 is 10.4 Å². The van der Waals surface area contributed by atoms with E-state index in [4.69, 9.17) is 5.11 Å². The maximum absolute atomic E-state index is 8.61. The zero-order valence-electron chi connectivity index (χ0n) is 8.61. The topological polar surface area (TPSA) is 45.1 Å². The second-order valence-corrected chi connectivity index (χ2v) is 3.39. The lowest BCUT2D eigenvalue weighted by Gasteiger charge is -2.13. The quantitative estimate of drug-likeness (QED) is 0.675. The van der Waals surface area contributed by atoms with E-state index in [0.717, 1.165) is 19.4 Å². The van der Waals surface area contributed by atoms with E-state index in [1.54, 1.807) is 12.4 Å². The zero-order valence-corrected chi connectivity index (χ0v) is 8.61. The Morgan fingerprint density at radius 3 is 2.71 bits per heavy atom. The van der Waals surface area contributed by atoms with Crippen molar-refractivity contribution in [2.75, 3.05) is 13.2 Å². The van der Waals surface area contributed by atoms with Crippen LogP contribution in [0.15, 0.2) is 24.5 Å². The van der Waals surface area contributed by atoms with Crippen molar-refractivity contribution >= 4 is 0 Å². The van der Waals surface area contributed by atoms with Crippen LogP contribution in [0.1, 0.15) is 31.4 Å². The molecule has 0 aliphatic rings. The molecule has 0 spiro atoms. The Morgan fingerprint density at radius 1 is 1.36 bits per heavy atom. The average Bonchev–Trinajstić information content (AvgIpc) is 2.25. The standard InChI is InChI=1S/C11H18N2O/c1-10(13-6-2-3-9-14)11-4-7-12-8-5-11/h4-5,7-8,10,13-14H,2-3,6,9H2,1H3/t10-/m1/s1. The van der Waals surface area contributed by atoms with Crippen LogP contribution in [0.4, 0.5) is 0 Å². The Labute approximate surface area is 85.2 Å². The van der Waals surface area contributed by atoms with Crippen LogP contribution in [0, 0.1) is 0 Å². The predicted molar refractivity (Wildman–Crippen MR) is 57.0 cm³/mol. The predicted octanol–water partition coefficient (Wildman–Crippen LogP) is 1.50. The van der Waals surface area contributed by atoms with Gasteiger partial charge in [-0.15, -0.1) is 0 Å². The molecule has 0 aromatic carbocycles. The third kappa shape index (κ3) is 3.85. The summed E-state index contributed by atoms with van der Waals surface area (Å²) in [4.78, 5) is 3.98. The van der Waals surface area contributed by atoms with Gasteiger partial charge in [-0.25, -0.2) is 0 Å². The van der Waals surface area contributed by atoms with E-state index in [9.17, 15) is 0 Å². The molecule has 0 unspecified atom stereocenters. The molecule has 0 radical (unpaired) electrons. The molecular weight excluding hydrogens is 176 g/mol. The molecule has 1 heterocycles.